The van der Waals surface area contributed by atoms with E-state index >= 15 is 0 Å². The second-order valence-corrected chi connectivity index (χ2v) is 5.03. The molecule has 0 aromatic rings. The van der Waals surface area contributed by atoms with Crippen LogP contribution in [0.15, 0.2) is 0 Å². The lowest BCUT2D eigenvalue weighted by Crippen LogP contribution is -2.37. The first-order chi connectivity index (χ1) is 8.36. The maximum atomic E-state index is 12.0. The molecule has 1 unspecified atom stereocenters. The van der Waals surface area contributed by atoms with Gasteiger partial charge in [0.25, 0.3) is 0 Å². The van der Waals surface area contributed by atoms with E-state index in [2.05, 4.69) is 5.32 Å². The fourth-order valence-corrected chi connectivity index (χ4v) is 2.62. The van der Waals surface area contributed by atoms with Gasteiger partial charge in [-0.25, -0.2) is 0 Å². The minimum absolute atomic E-state index is 0.308. The maximum absolute atomic E-state index is 12.0. The zero-order valence-corrected chi connectivity index (χ0v) is 10.6. The van der Waals surface area contributed by atoms with Gasteiger partial charge in [-0.2, -0.15) is 0 Å². The summed E-state index contributed by atoms with van der Waals surface area (Å²) in [4.78, 5) is 14.0. The highest BCUT2D eigenvalue weighted by atomic mass is 16.5. The monoisotopic (exact) mass is 240 g/mol. The first-order valence-electron chi connectivity index (χ1n) is 6.95. The Morgan fingerprint density at radius 1 is 1.24 bits per heavy atom. The molecule has 0 aromatic carbocycles. The van der Waals surface area contributed by atoms with E-state index < -0.39 is 0 Å². The number of nitrogens with one attached hydrogen (secondary N) is 1. The van der Waals surface area contributed by atoms with Gasteiger partial charge in [0.1, 0.15) is 0 Å². The number of hydrogen-bond donors (Lipinski definition) is 1. The summed E-state index contributed by atoms with van der Waals surface area (Å²) in [5.74, 6) is 0.308. The van der Waals surface area contributed by atoms with Gasteiger partial charge in [-0.05, 0) is 32.2 Å². The number of piperidine rings is 1. The average molecular weight is 240 g/mol. The topological polar surface area (TPSA) is 41.6 Å². The summed E-state index contributed by atoms with van der Waals surface area (Å²) in [6, 6.07) is 0.566. The van der Waals surface area contributed by atoms with Crippen LogP contribution in [0.5, 0.6) is 0 Å². The van der Waals surface area contributed by atoms with Crippen LogP contribution < -0.4 is 5.32 Å². The standard InChI is InChI=1S/C13H24N2O2/c16-13(15-8-3-10-17-11-9-15)6-5-12-4-1-2-7-14-12/h12,14H,1-11H2. The third-order valence-electron chi connectivity index (χ3n) is 3.69. The number of carbonyl (C=O) groups is 1. The molecule has 4 nitrogen and oxygen atoms in total. The lowest BCUT2D eigenvalue weighted by Gasteiger charge is -2.25. The predicted molar refractivity (Wildman–Crippen MR) is 66.9 cm³/mol. The van der Waals surface area contributed by atoms with Crippen LogP contribution in [-0.2, 0) is 9.53 Å². The number of rotatable bonds is 3. The second kappa shape index (κ2) is 6.97. The molecule has 1 N–H and O–H groups in total. The highest BCUT2D eigenvalue weighted by Gasteiger charge is 2.18. The molecule has 2 aliphatic heterocycles. The molecule has 0 radical (unpaired) electrons. The van der Waals surface area contributed by atoms with E-state index in [9.17, 15) is 4.79 Å². The first kappa shape index (κ1) is 12.8. The van der Waals surface area contributed by atoms with Gasteiger partial charge in [0.05, 0.1) is 6.61 Å². The van der Waals surface area contributed by atoms with Crippen LogP contribution in [0.2, 0.25) is 0 Å². The minimum atomic E-state index is 0.308. The van der Waals surface area contributed by atoms with Gasteiger partial charge in [0, 0.05) is 32.2 Å². The third kappa shape index (κ3) is 4.28. The molecule has 17 heavy (non-hydrogen) atoms. The lowest BCUT2D eigenvalue weighted by molar-refractivity contribution is -0.131. The smallest absolute Gasteiger partial charge is 0.222 e. The Morgan fingerprint density at radius 2 is 2.18 bits per heavy atom. The number of amides is 1. The zero-order valence-electron chi connectivity index (χ0n) is 10.6. The second-order valence-electron chi connectivity index (χ2n) is 5.03. The molecule has 0 bridgehead atoms. The molecule has 0 saturated carbocycles. The Bertz CT molecular complexity index is 232. The van der Waals surface area contributed by atoms with Crippen molar-refractivity contribution in [1.82, 2.24) is 10.2 Å². The van der Waals surface area contributed by atoms with Crippen LogP contribution in [0.25, 0.3) is 0 Å². The molecule has 2 rings (SSSR count). The van der Waals surface area contributed by atoms with Gasteiger partial charge in [-0.3, -0.25) is 4.79 Å². The van der Waals surface area contributed by atoms with Crippen LogP contribution in [0.3, 0.4) is 0 Å². The molecule has 2 aliphatic rings. The van der Waals surface area contributed by atoms with Crippen LogP contribution >= 0.6 is 0 Å². The van der Waals surface area contributed by atoms with E-state index in [1.54, 1.807) is 0 Å². The van der Waals surface area contributed by atoms with E-state index in [1.165, 1.54) is 19.3 Å². The lowest BCUT2D eigenvalue weighted by atomic mass is 10.0. The molecule has 0 aromatic heterocycles. The van der Waals surface area contributed by atoms with Crippen molar-refractivity contribution in [3.8, 4) is 0 Å². The summed E-state index contributed by atoms with van der Waals surface area (Å²) in [5, 5.41) is 3.49. The molecule has 4 heteroatoms. The summed E-state index contributed by atoms with van der Waals surface area (Å²) in [6.07, 6.45) is 6.50. The van der Waals surface area contributed by atoms with Gasteiger partial charge in [0.2, 0.25) is 5.91 Å². The summed E-state index contributed by atoms with van der Waals surface area (Å²) in [5.41, 5.74) is 0. The number of carbonyl (C=O) groups excluding carboxylic acids is 1. The molecule has 98 valence electrons. The number of nitrogens with zero attached hydrogens (tertiary/aromatic N) is 1. The average Bonchev–Trinajstić information content (AvgIpc) is 2.66. The highest BCUT2D eigenvalue weighted by Crippen LogP contribution is 2.13. The summed E-state index contributed by atoms with van der Waals surface area (Å²) < 4.78 is 5.36. The van der Waals surface area contributed by atoms with Gasteiger partial charge < -0.3 is 15.0 Å². The Kier molecular flexibility index (Phi) is 5.26. The van der Waals surface area contributed by atoms with E-state index in [0.29, 0.717) is 25.0 Å². The summed E-state index contributed by atoms with van der Waals surface area (Å²) >= 11 is 0. The van der Waals surface area contributed by atoms with Crippen molar-refractivity contribution in [2.24, 2.45) is 0 Å². The molecule has 1 amide bonds. The maximum Gasteiger partial charge on any atom is 0.222 e. The highest BCUT2D eigenvalue weighted by molar-refractivity contribution is 5.76. The minimum Gasteiger partial charge on any atom is -0.380 e. The van der Waals surface area contributed by atoms with Crippen molar-refractivity contribution in [1.29, 1.82) is 0 Å². The molecule has 0 aliphatic carbocycles. The van der Waals surface area contributed by atoms with Gasteiger partial charge in [0.15, 0.2) is 0 Å². The van der Waals surface area contributed by atoms with Gasteiger partial charge in [-0.1, -0.05) is 6.42 Å². The van der Waals surface area contributed by atoms with E-state index in [0.717, 1.165) is 39.1 Å². The molecule has 2 fully saturated rings. The van der Waals surface area contributed by atoms with E-state index in [-0.39, 0.29) is 0 Å². The molecular weight excluding hydrogens is 216 g/mol. The van der Waals surface area contributed by atoms with Crippen LogP contribution in [0.1, 0.15) is 38.5 Å². The largest absolute Gasteiger partial charge is 0.380 e. The molecule has 1 atom stereocenters. The van der Waals surface area contributed by atoms with Crippen molar-refractivity contribution < 1.29 is 9.53 Å². The summed E-state index contributed by atoms with van der Waals surface area (Å²) in [6.45, 7) is 4.27. The molecule has 2 saturated heterocycles. The number of hydrogen-bond acceptors (Lipinski definition) is 3. The summed E-state index contributed by atoms with van der Waals surface area (Å²) in [7, 11) is 0. The first-order valence-corrected chi connectivity index (χ1v) is 6.95. The van der Waals surface area contributed by atoms with Crippen molar-refractivity contribution >= 4 is 5.91 Å². The van der Waals surface area contributed by atoms with E-state index in [1.807, 2.05) is 4.90 Å². The van der Waals surface area contributed by atoms with Crippen molar-refractivity contribution in [2.75, 3.05) is 32.8 Å². The Balaban J connectivity index is 1.68. The predicted octanol–water partition coefficient (Wildman–Crippen LogP) is 1.16. The Labute approximate surface area is 104 Å². The van der Waals surface area contributed by atoms with Crippen LogP contribution in [0, 0.1) is 0 Å². The molecule has 2 heterocycles. The van der Waals surface area contributed by atoms with Crippen LogP contribution in [0.4, 0.5) is 0 Å². The van der Waals surface area contributed by atoms with E-state index in [4.69, 9.17) is 4.74 Å². The van der Waals surface area contributed by atoms with Gasteiger partial charge in [-0.15, -0.1) is 0 Å². The fraction of sp³-hybridized carbons (Fsp3) is 0.923. The molecular formula is C13H24N2O2. The van der Waals surface area contributed by atoms with Crippen molar-refractivity contribution in [3.05, 3.63) is 0 Å². The zero-order chi connectivity index (χ0) is 11.9. The van der Waals surface area contributed by atoms with Crippen LogP contribution in [-0.4, -0.2) is 49.7 Å². The molecule has 0 spiro atoms. The fourth-order valence-electron chi connectivity index (χ4n) is 2.62. The third-order valence-corrected chi connectivity index (χ3v) is 3.69. The van der Waals surface area contributed by atoms with Crippen molar-refractivity contribution in [2.45, 2.75) is 44.6 Å². The SMILES string of the molecule is O=C(CCC1CCCCN1)N1CCCOCC1. The quantitative estimate of drug-likeness (QED) is 0.805. The van der Waals surface area contributed by atoms with Gasteiger partial charge >= 0.3 is 0 Å². The number of ether oxygens (including phenoxy) is 1. The Morgan fingerprint density at radius 3 is 3.00 bits per heavy atom. The normalized spacial score (nSPS) is 26.6. The Hall–Kier alpha value is -0.610. The van der Waals surface area contributed by atoms with Crippen molar-refractivity contribution in [3.63, 3.8) is 0 Å².